The van der Waals surface area contributed by atoms with E-state index in [0.29, 0.717) is 6.42 Å². The highest BCUT2D eigenvalue weighted by molar-refractivity contribution is 5.81. The van der Waals surface area contributed by atoms with Gasteiger partial charge >= 0.3 is 5.97 Å². The van der Waals surface area contributed by atoms with Crippen LogP contribution in [-0.2, 0) is 14.3 Å². The van der Waals surface area contributed by atoms with Crippen molar-refractivity contribution in [1.29, 1.82) is 0 Å². The highest BCUT2D eigenvalue weighted by atomic mass is 16.5. The van der Waals surface area contributed by atoms with E-state index in [2.05, 4.69) is 4.74 Å². The fourth-order valence-electron chi connectivity index (χ4n) is 0.918. The molecule has 0 aliphatic carbocycles. The van der Waals surface area contributed by atoms with Gasteiger partial charge in [-0.05, 0) is 6.42 Å². The van der Waals surface area contributed by atoms with Crippen LogP contribution in [0.5, 0.6) is 0 Å². The highest BCUT2D eigenvalue weighted by Crippen LogP contribution is 1.89. The van der Waals surface area contributed by atoms with Crippen LogP contribution >= 0.6 is 0 Å². The summed E-state index contributed by atoms with van der Waals surface area (Å²) in [5.74, 6) is -0.415. The molecule has 0 N–H and O–H groups in total. The minimum atomic E-state index is -0.399. The molecule has 0 radical (unpaired) electrons. The normalized spacial score (nSPS) is 8.62. The minimum Gasteiger partial charge on any atom is -0.458 e. The molecular weight excluding hydrogens is 204 g/mol. The van der Waals surface area contributed by atoms with Crippen LogP contribution in [0.4, 0.5) is 0 Å². The molecule has 16 heavy (non-hydrogen) atoms. The molecule has 0 heterocycles. The SMILES string of the molecule is CCCC(=O)COC(C)=O.c1ccccc1. The Labute approximate surface area is 96.4 Å². The van der Waals surface area contributed by atoms with Crippen molar-refractivity contribution >= 4 is 11.8 Å². The molecule has 0 saturated heterocycles. The first-order chi connectivity index (χ1) is 7.66. The molecule has 1 aromatic rings. The number of rotatable bonds is 4. The summed E-state index contributed by atoms with van der Waals surface area (Å²) in [5, 5.41) is 0. The average molecular weight is 222 g/mol. The van der Waals surface area contributed by atoms with Gasteiger partial charge in [0.15, 0.2) is 5.78 Å². The molecule has 0 saturated carbocycles. The zero-order chi connectivity index (χ0) is 12.2. The number of ketones is 1. The van der Waals surface area contributed by atoms with Crippen LogP contribution in [0.3, 0.4) is 0 Å². The van der Waals surface area contributed by atoms with Crippen molar-refractivity contribution in [3.8, 4) is 0 Å². The fraction of sp³-hybridized carbons (Fsp3) is 0.385. The zero-order valence-electron chi connectivity index (χ0n) is 9.81. The Morgan fingerprint density at radius 1 is 1.00 bits per heavy atom. The first-order valence-corrected chi connectivity index (χ1v) is 5.32. The summed E-state index contributed by atoms with van der Waals surface area (Å²) < 4.78 is 4.47. The Hall–Kier alpha value is -1.64. The van der Waals surface area contributed by atoms with E-state index in [9.17, 15) is 9.59 Å². The molecule has 88 valence electrons. The second-order valence-electron chi connectivity index (χ2n) is 3.22. The van der Waals surface area contributed by atoms with Gasteiger partial charge in [0.25, 0.3) is 0 Å². The van der Waals surface area contributed by atoms with E-state index in [1.165, 1.54) is 6.92 Å². The van der Waals surface area contributed by atoms with Crippen LogP contribution < -0.4 is 0 Å². The van der Waals surface area contributed by atoms with E-state index in [4.69, 9.17) is 0 Å². The number of hydrogen-bond donors (Lipinski definition) is 0. The Morgan fingerprint density at radius 2 is 1.44 bits per heavy atom. The molecule has 0 atom stereocenters. The topological polar surface area (TPSA) is 43.4 Å². The van der Waals surface area contributed by atoms with Crippen molar-refractivity contribution in [3.05, 3.63) is 36.4 Å². The first-order valence-electron chi connectivity index (χ1n) is 5.32. The predicted molar refractivity (Wildman–Crippen MR) is 63.0 cm³/mol. The van der Waals surface area contributed by atoms with Crippen LogP contribution in [0, 0.1) is 0 Å². The van der Waals surface area contributed by atoms with Crippen LogP contribution in [0.1, 0.15) is 26.7 Å². The zero-order valence-corrected chi connectivity index (χ0v) is 9.81. The van der Waals surface area contributed by atoms with E-state index in [1.54, 1.807) is 0 Å². The molecule has 0 aliphatic rings. The number of ether oxygens (including phenoxy) is 1. The molecule has 0 unspecified atom stereocenters. The lowest BCUT2D eigenvalue weighted by Crippen LogP contribution is -2.10. The summed E-state index contributed by atoms with van der Waals surface area (Å²) in [7, 11) is 0. The van der Waals surface area contributed by atoms with Gasteiger partial charge in [0, 0.05) is 13.3 Å². The molecule has 0 aliphatic heterocycles. The first kappa shape index (κ1) is 14.4. The van der Waals surface area contributed by atoms with Crippen LogP contribution in [0.2, 0.25) is 0 Å². The summed E-state index contributed by atoms with van der Waals surface area (Å²) >= 11 is 0. The van der Waals surface area contributed by atoms with Crippen LogP contribution in [0.15, 0.2) is 36.4 Å². The maximum Gasteiger partial charge on any atom is 0.303 e. The Balaban J connectivity index is 0.000000315. The minimum absolute atomic E-state index is 0.0160. The van der Waals surface area contributed by atoms with E-state index in [-0.39, 0.29) is 12.4 Å². The maximum absolute atomic E-state index is 10.7. The van der Waals surface area contributed by atoms with Gasteiger partial charge in [-0.25, -0.2) is 0 Å². The third-order valence-electron chi connectivity index (χ3n) is 1.63. The average Bonchev–Trinajstić information content (AvgIpc) is 2.30. The van der Waals surface area contributed by atoms with Crippen molar-refractivity contribution in [1.82, 2.24) is 0 Å². The molecule has 0 aromatic heterocycles. The molecule has 0 bridgehead atoms. The lowest BCUT2D eigenvalue weighted by Gasteiger charge is -1.97. The predicted octanol–water partition coefficient (Wildman–Crippen LogP) is 2.61. The summed E-state index contributed by atoms with van der Waals surface area (Å²) in [6.07, 6.45) is 1.30. The van der Waals surface area contributed by atoms with E-state index in [1.807, 2.05) is 43.3 Å². The van der Waals surface area contributed by atoms with Gasteiger partial charge in [-0.2, -0.15) is 0 Å². The number of carbonyl (C=O) groups excluding carboxylic acids is 2. The molecule has 0 spiro atoms. The van der Waals surface area contributed by atoms with Gasteiger partial charge in [0.05, 0.1) is 0 Å². The number of benzene rings is 1. The number of Topliss-reactive ketones (excluding diaryl/α,β-unsaturated/α-hetero) is 1. The lowest BCUT2D eigenvalue weighted by atomic mass is 10.2. The molecule has 1 aromatic carbocycles. The smallest absolute Gasteiger partial charge is 0.303 e. The largest absolute Gasteiger partial charge is 0.458 e. The van der Waals surface area contributed by atoms with Gasteiger partial charge < -0.3 is 4.74 Å². The summed E-state index contributed by atoms with van der Waals surface area (Å²) in [4.78, 5) is 20.8. The third kappa shape index (κ3) is 10.4. The van der Waals surface area contributed by atoms with Crippen molar-refractivity contribution in [3.63, 3.8) is 0 Å². The van der Waals surface area contributed by atoms with Gasteiger partial charge in [0.1, 0.15) is 6.61 Å². The van der Waals surface area contributed by atoms with Gasteiger partial charge in [-0.15, -0.1) is 0 Å². The van der Waals surface area contributed by atoms with E-state index in [0.717, 1.165) is 6.42 Å². The van der Waals surface area contributed by atoms with Crippen molar-refractivity contribution in [2.24, 2.45) is 0 Å². The molecule has 1 rings (SSSR count). The highest BCUT2D eigenvalue weighted by Gasteiger charge is 2.00. The molecule has 0 fully saturated rings. The van der Waals surface area contributed by atoms with Crippen LogP contribution in [-0.4, -0.2) is 18.4 Å². The van der Waals surface area contributed by atoms with E-state index < -0.39 is 5.97 Å². The third-order valence-corrected chi connectivity index (χ3v) is 1.63. The van der Waals surface area contributed by atoms with Crippen LogP contribution in [0.25, 0.3) is 0 Å². The van der Waals surface area contributed by atoms with Gasteiger partial charge in [0.2, 0.25) is 0 Å². The summed E-state index contributed by atoms with van der Waals surface area (Å²) in [5.41, 5.74) is 0. The molecule has 3 nitrogen and oxygen atoms in total. The van der Waals surface area contributed by atoms with Gasteiger partial charge in [-0.1, -0.05) is 43.3 Å². The number of carbonyl (C=O) groups is 2. The van der Waals surface area contributed by atoms with E-state index >= 15 is 0 Å². The van der Waals surface area contributed by atoms with Crippen molar-refractivity contribution in [2.75, 3.05) is 6.61 Å². The Kier molecular flexibility index (Phi) is 8.88. The number of hydrogen-bond acceptors (Lipinski definition) is 3. The Morgan fingerprint density at radius 3 is 1.75 bits per heavy atom. The summed E-state index contributed by atoms with van der Waals surface area (Å²) in [6, 6.07) is 12.0. The second-order valence-corrected chi connectivity index (χ2v) is 3.22. The monoisotopic (exact) mass is 222 g/mol. The molecular formula is C13H18O3. The lowest BCUT2D eigenvalue weighted by molar-refractivity contribution is -0.145. The fourth-order valence-corrected chi connectivity index (χ4v) is 0.918. The van der Waals surface area contributed by atoms with Crippen molar-refractivity contribution < 1.29 is 14.3 Å². The quantitative estimate of drug-likeness (QED) is 0.735. The number of esters is 1. The molecule has 3 heteroatoms. The molecule has 0 amide bonds. The van der Waals surface area contributed by atoms with Gasteiger partial charge in [-0.3, -0.25) is 9.59 Å². The standard InChI is InChI=1S/C7H12O3.C6H6/c1-3-4-7(9)5-10-6(2)8;1-2-4-6-5-3-1/h3-5H2,1-2H3;1-6H. The summed E-state index contributed by atoms with van der Waals surface area (Å²) in [6.45, 7) is 3.13. The van der Waals surface area contributed by atoms with Crippen molar-refractivity contribution in [2.45, 2.75) is 26.7 Å². The second kappa shape index (κ2) is 9.90. The Bertz CT molecular complexity index is 267. The maximum atomic E-state index is 10.7.